The minimum absolute atomic E-state index is 1.15. The quantitative estimate of drug-likeness (QED) is 0.151. The lowest BCUT2D eigenvalue weighted by Gasteiger charge is -2.12. The summed E-state index contributed by atoms with van der Waals surface area (Å²) in [5.41, 5.74) is 20.7. The Balaban J connectivity index is 0.000000139. The molecular weight excluding hydrogens is 1120 g/mol. The van der Waals surface area contributed by atoms with Crippen molar-refractivity contribution < 1.29 is 0 Å². The first-order valence-corrected chi connectivity index (χ1v) is 32.0. The maximum atomic E-state index is 2.42. The topological polar surface area (TPSA) is 14.8 Å². The molecule has 0 saturated heterocycles. The number of hydrogen-bond donors (Lipinski definition) is 0. The van der Waals surface area contributed by atoms with E-state index in [0.29, 0.717) is 0 Å². The molecule has 19 aromatic rings. The van der Waals surface area contributed by atoms with E-state index in [9.17, 15) is 0 Å². The lowest BCUT2D eigenvalue weighted by atomic mass is 9.97. The Morgan fingerprint density at radius 3 is 0.888 bits per heavy atom. The number of benzene rings is 14. The van der Waals surface area contributed by atoms with Crippen LogP contribution in [-0.4, -0.2) is 13.7 Å². The fourth-order valence-corrected chi connectivity index (χ4v) is 16.6. The van der Waals surface area contributed by atoms with Crippen molar-refractivity contribution in [2.75, 3.05) is 0 Å². The van der Waals surface area contributed by atoms with E-state index in [0.717, 1.165) is 5.69 Å². The van der Waals surface area contributed by atoms with Crippen LogP contribution in [0.1, 0.15) is 0 Å². The normalized spacial score (nSPS) is 11.8. The van der Waals surface area contributed by atoms with Crippen molar-refractivity contribution in [1.82, 2.24) is 13.7 Å². The van der Waals surface area contributed by atoms with E-state index in [2.05, 4.69) is 335 Å². The highest BCUT2D eigenvalue weighted by Gasteiger charge is 2.19. The lowest BCUT2D eigenvalue weighted by Crippen LogP contribution is -1.96. The molecule has 3 nitrogen and oxygen atoms in total. The van der Waals surface area contributed by atoms with Gasteiger partial charge in [-0.1, -0.05) is 224 Å². The lowest BCUT2D eigenvalue weighted by molar-refractivity contribution is 1.17. The van der Waals surface area contributed by atoms with Crippen molar-refractivity contribution in [3.63, 3.8) is 0 Å². The number of para-hydroxylation sites is 5. The number of fused-ring (bicyclic) bond motifs is 15. The third kappa shape index (κ3) is 8.38. The zero-order valence-corrected chi connectivity index (χ0v) is 49.9. The summed E-state index contributed by atoms with van der Waals surface area (Å²) < 4.78 is 12.6. The molecule has 0 saturated carbocycles. The van der Waals surface area contributed by atoms with Crippen LogP contribution >= 0.6 is 22.7 Å². The van der Waals surface area contributed by atoms with Crippen LogP contribution < -0.4 is 0 Å². The van der Waals surface area contributed by atoms with E-state index in [4.69, 9.17) is 0 Å². The molecule has 0 unspecified atom stereocenters. The number of thiophene rings is 2. The van der Waals surface area contributed by atoms with Gasteiger partial charge in [-0.2, -0.15) is 0 Å². The van der Waals surface area contributed by atoms with Crippen molar-refractivity contribution in [1.29, 1.82) is 0 Å². The summed E-state index contributed by atoms with van der Waals surface area (Å²) >= 11 is 3.77. The van der Waals surface area contributed by atoms with E-state index in [-0.39, 0.29) is 0 Å². The standard InChI is InChI=1S/C48H30N2S.C36H23NS/c1-5-22-43-37(16-1)38-17-2-6-23-44(38)50(43)35-26-27-46-42(30-35)39-18-3-7-24-45(39)49(46)34-15-10-13-32(29-34)31-12-9-14-33(28-31)36-20-11-21-41-40-19-4-8-25-47(40)51-48(36)41;1-4-19-33-29(14-1)30-15-2-5-20-34(30)37(33)27-13-8-11-25(23-27)24-10-7-12-26(22-24)28-17-9-18-32-31-16-3-6-21-35(31)38-36(28)32/h1-30H;1-23H. The molecule has 5 heteroatoms. The van der Waals surface area contributed by atoms with E-state index in [1.807, 2.05) is 22.7 Å². The maximum absolute atomic E-state index is 2.42. The van der Waals surface area contributed by atoms with Gasteiger partial charge in [0, 0.05) is 89.7 Å². The summed E-state index contributed by atoms with van der Waals surface area (Å²) in [5.74, 6) is 0. The van der Waals surface area contributed by atoms with Crippen LogP contribution in [0.4, 0.5) is 0 Å². The fraction of sp³-hybridized carbons (Fsp3) is 0. The summed E-state index contributed by atoms with van der Waals surface area (Å²) in [6, 6.07) is 117. The number of aromatic nitrogens is 3. The first kappa shape index (κ1) is 51.2. The highest BCUT2D eigenvalue weighted by Crippen LogP contribution is 2.44. The van der Waals surface area contributed by atoms with Crippen LogP contribution in [0.25, 0.3) is 167 Å². The van der Waals surface area contributed by atoms with Crippen LogP contribution in [0.3, 0.4) is 0 Å². The number of hydrogen-bond acceptors (Lipinski definition) is 2. The highest BCUT2D eigenvalue weighted by atomic mass is 32.1. The molecule has 0 atom stereocenters. The van der Waals surface area contributed by atoms with Crippen molar-refractivity contribution in [3.05, 3.63) is 322 Å². The largest absolute Gasteiger partial charge is 0.309 e. The summed E-state index contributed by atoms with van der Waals surface area (Å²) in [6.45, 7) is 0. The van der Waals surface area contributed by atoms with Crippen molar-refractivity contribution in [2.45, 2.75) is 0 Å². The van der Waals surface area contributed by atoms with Crippen LogP contribution in [0.5, 0.6) is 0 Å². The van der Waals surface area contributed by atoms with Crippen LogP contribution in [-0.2, 0) is 0 Å². The zero-order chi connectivity index (χ0) is 58.5. The smallest absolute Gasteiger partial charge is 0.0542 e. The second kappa shape index (κ2) is 20.8. The molecule has 416 valence electrons. The van der Waals surface area contributed by atoms with Gasteiger partial charge in [0.15, 0.2) is 0 Å². The van der Waals surface area contributed by atoms with Gasteiger partial charge >= 0.3 is 0 Å². The molecule has 0 N–H and O–H groups in total. The van der Waals surface area contributed by atoms with E-state index in [1.165, 1.54) is 162 Å². The van der Waals surface area contributed by atoms with Crippen LogP contribution in [0.15, 0.2) is 322 Å². The zero-order valence-electron chi connectivity index (χ0n) is 48.3. The summed E-state index contributed by atoms with van der Waals surface area (Å²) in [5, 5.41) is 12.9. The van der Waals surface area contributed by atoms with Gasteiger partial charge in [0.05, 0.1) is 33.1 Å². The van der Waals surface area contributed by atoms with Crippen molar-refractivity contribution in [3.8, 4) is 61.6 Å². The Morgan fingerprint density at radius 1 is 0.180 bits per heavy atom. The Labute approximate surface area is 521 Å². The molecule has 5 heterocycles. The average molecular weight is 1170 g/mol. The average Bonchev–Trinajstić information content (AvgIpc) is 1.74. The molecule has 0 fully saturated rings. The fourth-order valence-electron chi connectivity index (χ4n) is 14.1. The van der Waals surface area contributed by atoms with Gasteiger partial charge in [-0.3, -0.25) is 0 Å². The van der Waals surface area contributed by atoms with Gasteiger partial charge in [0.1, 0.15) is 0 Å². The second-order valence-corrected chi connectivity index (χ2v) is 25.2. The van der Waals surface area contributed by atoms with Gasteiger partial charge in [0.2, 0.25) is 0 Å². The molecule has 0 aliphatic carbocycles. The summed E-state index contributed by atoms with van der Waals surface area (Å²) in [6.07, 6.45) is 0. The first-order valence-electron chi connectivity index (χ1n) is 30.4. The molecule has 0 bridgehead atoms. The Kier molecular flexibility index (Phi) is 12.0. The molecular formula is C84H53N3S2. The molecule has 19 rings (SSSR count). The highest BCUT2D eigenvalue weighted by molar-refractivity contribution is 7.26. The monoisotopic (exact) mass is 1170 g/mol. The van der Waals surface area contributed by atoms with Crippen LogP contribution in [0.2, 0.25) is 0 Å². The van der Waals surface area contributed by atoms with E-state index in [1.54, 1.807) is 0 Å². The molecule has 0 aliphatic rings. The number of rotatable bonds is 7. The minimum atomic E-state index is 1.15. The maximum Gasteiger partial charge on any atom is 0.0542 e. The number of nitrogens with zero attached hydrogens (tertiary/aromatic N) is 3. The Hall–Kier alpha value is -11.1. The van der Waals surface area contributed by atoms with Gasteiger partial charge in [-0.15, -0.1) is 22.7 Å². The third-order valence-electron chi connectivity index (χ3n) is 18.1. The Bertz CT molecular complexity index is 5920. The molecule has 89 heavy (non-hydrogen) atoms. The van der Waals surface area contributed by atoms with E-state index >= 15 is 0 Å². The van der Waals surface area contributed by atoms with Gasteiger partial charge < -0.3 is 13.7 Å². The van der Waals surface area contributed by atoms with Crippen molar-refractivity contribution >= 4 is 128 Å². The molecule has 0 amide bonds. The minimum Gasteiger partial charge on any atom is -0.309 e. The third-order valence-corrected chi connectivity index (χ3v) is 20.5. The molecule has 0 spiro atoms. The Morgan fingerprint density at radius 2 is 0.472 bits per heavy atom. The van der Waals surface area contributed by atoms with Gasteiger partial charge in [0.25, 0.3) is 0 Å². The molecule has 5 aromatic heterocycles. The molecule has 14 aromatic carbocycles. The predicted octanol–water partition coefficient (Wildman–Crippen LogP) is 24.1. The first-order chi connectivity index (χ1) is 44.1. The predicted molar refractivity (Wildman–Crippen MR) is 383 cm³/mol. The van der Waals surface area contributed by atoms with Crippen molar-refractivity contribution in [2.24, 2.45) is 0 Å². The summed E-state index contributed by atoms with van der Waals surface area (Å²) in [7, 11) is 0. The van der Waals surface area contributed by atoms with Gasteiger partial charge in [-0.05, 0) is 142 Å². The second-order valence-electron chi connectivity index (χ2n) is 23.1. The van der Waals surface area contributed by atoms with Crippen LogP contribution in [0, 0.1) is 0 Å². The summed E-state index contributed by atoms with van der Waals surface area (Å²) in [4.78, 5) is 0. The SMILES string of the molecule is c1cc(-c2cccc(-n3c4ccccc4c4cc(-n5c6ccccc6c6ccccc65)ccc43)c2)cc(-c2cccc3c2sc2ccccc23)c1.c1cc(-c2cccc(-n3c4ccccc4c4ccccc43)c2)cc(-c2cccc3c2sc2ccccc23)c1. The molecule has 0 aliphatic heterocycles. The van der Waals surface area contributed by atoms with Gasteiger partial charge in [-0.25, -0.2) is 0 Å². The van der Waals surface area contributed by atoms with E-state index < -0.39 is 0 Å². The molecule has 0 radical (unpaired) electrons.